The van der Waals surface area contributed by atoms with E-state index < -0.39 is 5.54 Å². The van der Waals surface area contributed by atoms with Gasteiger partial charge in [-0.25, -0.2) is 0 Å². The first-order valence-corrected chi connectivity index (χ1v) is 7.85. The monoisotopic (exact) mass is 355 g/mol. The molecule has 0 radical (unpaired) electrons. The molecule has 0 atom stereocenters. The molecule has 1 aromatic carbocycles. The van der Waals surface area contributed by atoms with E-state index in [0.717, 1.165) is 42.1 Å². The van der Waals surface area contributed by atoms with Crippen molar-refractivity contribution in [2.75, 3.05) is 38.6 Å². The van der Waals surface area contributed by atoms with E-state index >= 15 is 0 Å². The maximum absolute atomic E-state index is 12.6. The van der Waals surface area contributed by atoms with Crippen molar-refractivity contribution in [3.8, 4) is 5.75 Å². The van der Waals surface area contributed by atoms with Crippen molar-refractivity contribution in [2.45, 2.75) is 19.4 Å². The number of carbonyl (C=O) groups excluding carboxylic acids is 1. The molecule has 21 heavy (non-hydrogen) atoms. The van der Waals surface area contributed by atoms with Crippen molar-refractivity contribution < 1.29 is 9.53 Å². The summed E-state index contributed by atoms with van der Waals surface area (Å²) in [7, 11) is 1.62. The molecule has 2 N–H and O–H groups in total. The second-order valence-electron chi connectivity index (χ2n) is 5.60. The van der Waals surface area contributed by atoms with Crippen LogP contribution in [0.15, 0.2) is 22.7 Å². The Morgan fingerprint density at radius 2 is 2.05 bits per heavy atom. The number of carbonyl (C=O) groups is 1. The van der Waals surface area contributed by atoms with E-state index in [4.69, 9.17) is 4.74 Å². The number of benzene rings is 1. The average molecular weight is 356 g/mol. The molecule has 1 heterocycles. The molecular formula is C15H22BrN3O2. The third-order valence-electron chi connectivity index (χ3n) is 3.87. The molecule has 0 saturated carbocycles. The first kappa shape index (κ1) is 16.3. The van der Waals surface area contributed by atoms with Crippen LogP contribution in [0.25, 0.3) is 0 Å². The molecule has 1 aliphatic heterocycles. The Labute approximate surface area is 134 Å². The molecular weight excluding hydrogens is 334 g/mol. The lowest BCUT2D eigenvalue weighted by molar-refractivity contribution is -0.126. The Bertz CT molecular complexity index is 514. The molecule has 0 bridgehead atoms. The summed E-state index contributed by atoms with van der Waals surface area (Å²) in [6.07, 6.45) is 0. The molecule has 1 aromatic rings. The summed E-state index contributed by atoms with van der Waals surface area (Å²) in [5.74, 6) is 0.746. The molecule has 1 aliphatic rings. The van der Waals surface area contributed by atoms with Crippen LogP contribution in [0.1, 0.15) is 13.8 Å². The smallest absolute Gasteiger partial charge is 0.244 e. The summed E-state index contributed by atoms with van der Waals surface area (Å²) < 4.78 is 6.01. The number of nitrogens with one attached hydrogen (secondary N) is 2. The maximum Gasteiger partial charge on any atom is 0.244 e. The van der Waals surface area contributed by atoms with E-state index in [1.165, 1.54) is 0 Å². The van der Waals surface area contributed by atoms with Crippen LogP contribution in [-0.2, 0) is 4.79 Å². The molecule has 1 saturated heterocycles. The summed E-state index contributed by atoms with van der Waals surface area (Å²) in [4.78, 5) is 14.8. The van der Waals surface area contributed by atoms with E-state index in [9.17, 15) is 4.79 Å². The topological polar surface area (TPSA) is 53.6 Å². The standard InChI is InChI=1S/C15H22BrN3O2/c1-15(2,19-8-6-17-7-9-19)14(20)18-11-4-5-13(21-3)12(16)10-11/h4-5,10,17H,6-9H2,1-3H3,(H,18,20). The van der Waals surface area contributed by atoms with E-state index in [0.29, 0.717) is 0 Å². The normalized spacial score (nSPS) is 16.6. The summed E-state index contributed by atoms with van der Waals surface area (Å²) in [6.45, 7) is 7.54. The van der Waals surface area contributed by atoms with Gasteiger partial charge in [0.2, 0.25) is 5.91 Å². The average Bonchev–Trinajstić information content (AvgIpc) is 2.48. The zero-order valence-corrected chi connectivity index (χ0v) is 14.3. The van der Waals surface area contributed by atoms with Crippen LogP contribution >= 0.6 is 15.9 Å². The van der Waals surface area contributed by atoms with Gasteiger partial charge in [0.05, 0.1) is 17.1 Å². The maximum atomic E-state index is 12.6. The second kappa shape index (κ2) is 6.77. The first-order valence-electron chi connectivity index (χ1n) is 7.06. The number of nitrogens with zero attached hydrogens (tertiary/aromatic N) is 1. The van der Waals surface area contributed by atoms with E-state index in [1.54, 1.807) is 7.11 Å². The molecule has 0 aliphatic carbocycles. The van der Waals surface area contributed by atoms with Crippen molar-refractivity contribution in [1.82, 2.24) is 10.2 Å². The van der Waals surface area contributed by atoms with Gasteiger partial charge in [0.25, 0.3) is 0 Å². The minimum Gasteiger partial charge on any atom is -0.496 e. The highest BCUT2D eigenvalue weighted by Gasteiger charge is 2.35. The Hall–Kier alpha value is -1.11. The van der Waals surface area contributed by atoms with Gasteiger partial charge < -0.3 is 15.4 Å². The van der Waals surface area contributed by atoms with Gasteiger partial charge in [-0.2, -0.15) is 0 Å². The zero-order chi connectivity index (χ0) is 15.5. The lowest BCUT2D eigenvalue weighted by atomic mass is 10.0. The van der Waals surface area contributed by atoms with Gasteiger partial charge in [0.1, 0.15) is 5.75 Å². The highest BCUT2D eigenvalue weighted by molar-refractivity contribution is 9.10. The third kappa shape index (κ3) is 3.75. The summed E-state index contributed by atoms with van der Waals surface area (Å²) in [6, 6.07) is 5.53. The van der Waals surface area contributed by atoms with Gasteiger partial charge in [0.15, 0.2) is 0 Å². The fraction of sp³-hybridized carbons (Fsp3) is 0.533. The number of anilines is 1. The lowest BCUT2D eigenvalue weighted by Gasteiger charge is -2.39. The number of halogens is 1. The van der Waals surface area contributed by atoms with Crippen LogP contribution in [-0.4, -0.2) is 49.6 Å². The number of amides is 1. The lowest BCUT2D eigenvalue weighted by Crippen LogP contribution is -2.58. The number of piperazine rings is 1. The number of ether oxygens (including phenoxy) is 1. The van der Waals surface area contributed by atoms with Crippen LogP contribution in [0, 0.1) is 0 Å². The molecule has 1 fully saturated rings. The molecule has 6 heteroatoms. The highest BCUT2D eigenvalue weighted by atomic mass is 79.9. The predicted molar refractivity (Wildman–Crippen MR) is 87.8 cm³/mol. The van der Waals surface area contributed by atoms with Crippen molar-refractivity contribution in [3.63, 3.8) is 0 Å². The molecule has 0 spiro atoms. The summed E-state index contributed by atoms with van der Waals surface area (Å²) in [5, 5.41) is 6.29. The zero-order valence-electron chi connectivity index (χ0n) is 12.7. The van der Waals surface area contributed by atoms with Crippen LogP contribution in [0.5, 0.6) is 5.75 Å². The van der Waals surface area contributed by atoms with Crippen LogP contribution in [0.2, 0.25) is 0 Å². The molecule has 0 unspecified atom stereocenters. The van der Waals surface area contributed by atoms with E-state index in [2.05, 4.69) is 31.5 Å². The summed E-state index contributed by atoms with van der Waals surface area (Å²) in [5.41, 5.74) is 0.227. The summed E-state index contributed by atoms with van der Waals surface area (Å²) >= 11 is 3.43. The minimum absolute atomic E-state index is 0.00136. The van der Waals surface area contributed by atoms with E-state index in [1.807, 2.05) is 32.0 Å². The molecule has 1 amide bonds. The molecule has 116 valence electrons. The van der Waals surface area contributed by atoms with Gasteiger partial charge in [-0.05, 0) is 48.0 Å². The van der Waals surface area contributed by atoms with Crippen molar-refractivity contribution in [3.05, 3.63) is 22.7 Å². The molecule has 2 rings (SSSR count). The number of methoxy groups -OCH3 is 1. The fourth-order valence-corrected chi connectivity index (χ4v) is 2.94. The van der Waals surface area contributed by atoms with Gasteiger partial charge in [0, 0.05) is 31.9 Å². The number of hydrogen-bond donors (Lipinski definition) is 2. The first-order chi connectivity index (χ1) is 9.95. The highest BCUT2D eigenvalue weighted by Crippen LogP contribution is 2.28. The van der Waals surface area contributed by atoms with Gasteiger partial charge in [-0.1, -0.05) is 0 Å². The van der Waals surface area contributed by atoms with Crippen molar-refractivity contribution in [2.24, 2.45) is 0 Å². The Kier molecular flexibility index (Phi) is 5.24. The quantitative estimate of drug-likeness (QED) is 0.868. The van der Waals surface area contributed by atoms with E-state index in [-0.39, 0.29) is 5.91 Å². The Morgan fingerprint density at radius 1 is 1.38 bits per heavy atom. The third-order valence-corrected chi connectivity index (χ3v) is 4.49. The minimum atomic E-state index is -0.533. The van der Waals surface area contributed by atoms with Crippen molar-refractivity contribution in [1.29, 1.82) is 0 Å². The van der Waals surface area contributed by atoms with Crippen molar-refractivity contribution >= 4 is 27.5 Å². The largest absolute Gasteiger partial charge is 0.496 e. The van der Waals surface area contributed by atoms with Gasteiger partial charge >= 0.3 is 0 Å². The predicted octanol–water partition coefficient (Wildman–Crippen LogP) is 2.08. The van der Waals surface area contributed by atoms with Gasteiger partial charge in [-0.3, -0.25) is 9.69 Å². The SMILES string of the molecule is COc1ccc(NC(=O)C(C)(C)N2CCNCC2)cc1Br. The Morgan fingerprint density at radius 3 is 2.62 bits per heavy atom. The molecule has 0 aromatic heterocycles. The molecule has 5 nitrogen and oxygen atoms in total. The van der Waals surface area contributed by atoms with Crippen LogP contribution in [0.4, 0.5) is 5.69 Å². The van der Waals surface area contributed by atoms with Crippen LogP contribution in [0.3, 0.4) is 0 Å². The van der Waals surface area contributed by atoms with Crippen LogP contribution < -0.4 is 15.4 Å². The number of hydrogen-bond acceptors (Lipinski definition) is 4. The second-order valence-corrected chi connectivity index (χ2v) is 6.45. The fourth-order valence-electron chi connectivity index (χ4n) is 2.40. The van der Waals surface area contributed by atoms with Gasteiger partial charge in [-0.15, -0.1) is 0 Å². The number of rotatable bonds is 4. The Balaban J connectivity index is 2.07.